The van der Waals surface area contributed by atoms with Crippen LogP contribution in [0.5, 0.6) is 0 Å². The first-order valence-corrected chi connectivity index (χ1v) is 5.41. The number of hydrogen-bond donors (Lipinski definition) is 0. The molecule has 0 aliphatic rings. The largest absolute Gasteiger partial charge is 0.333 e. The highest BCUT2D eigenvalue weighted by molar-refractivity contribution is 7.17. The molecule has 0 fully saturated rings. The van der Waals surface area contributed by atoms with Gasteiger partial charge >= 0.3 is 0 Å². The minimum Gasteiger partial charge on any atom is -0.333 e. The molecule has 0 aliphatic carbocycles. The third kappa shape index (κ3) is 1.24. The molecule has 74 valence electrons. The molecule has 4 nitrogen and oxygen atoms in total. The number of hydrogen-bond acceptors (Lipinski definition) is 4. The maximum absolute atomic E-state index is 4.28. The number of fused-ring (bicyclic) bond motifs is 1. The summed E-state index contributed by atoms with van der Waals surface area (Å²) >= 11 is 1.67. The van der Waals surface area contributed by atoms with E-state index in [1.54, 1.807) is 23.7 Å². The monoisotopic (exact) mass is 216 g/mol. The van der Waals surface area contributed by atoms with Crippen LogP contribution < -0.4 is 0 Å². The highest BCUT2D eigenvalue weighted by atomic mass is 32.1. The van der Waals surface area contributed by atoms with E-state index in [2.05, 4.69) is 21.2 Å². The molecule has 0 bridgehead atoms. The minimum absolute atomic E-state index is 0.848. The second-order valence-corrected chi connectivity index (χ2v) is 4.20. The third-order valence-electron chi connectivity index (χ3n) is 2.32. The number of aromatic nitrogens is 4. The van der Waals surface area contributed by atoms with Gasteiger partial charge in [0.25, 0.3) is 0 Å². The van der Waals surface area contributed by atoms with Gasteiger partial charge in [0.15, 0.2) is 5.82 Å². The zero-order valence-electron chi connectivity index (χ0n) is 8.08. The van der Waals surface area contributed by atoms with E-state index < -0.39 is 0 Å². The van der Waals surface area contributed by atoms with Gasteiger partial charge in [-0.25, -0.2) is 4.98 Å². The van der Waals surface area contributed by atoms with Gasteiger partial charge in [-0.2, -0.15) is 5.10 Å². The molecule has 0 saturated carbocycles. The normalized spacial score (nSPS) is 11.0. The lowest BCUT2D eigenvalue weighted by atomic mass is 10.2. The first-order valence-electron chi connectivity index (χ1n) is 4.53. The van der Waals surface area contributed by atoms with Crippen LogP contribution in [0.2, 0.25) is 0 Å². The Kier molecular flexibility index (Phi) is 1.78. The summed E-state index contributed by atoms with van der Waals surface area (Å²) in [5, 5.41) is 11.3. The van der Waals surface area contributed by atoms with Crippen LogP contribution in [0.25, 0.3) is 21.6 Å². The number of rotatable bonds is 1. The average molecular weight is 216 g/mol. The summed E-state index contributed by atoms with van der Waals surface area (Å²) in [4.78, 5) is 4.28. The molecule has 15 heavy (non-hydrogen) atoms. The molecule has 3 aromatic rings. The first kappa shape index (κ1) is 8.55. The molecule has 0 amide bonds. The summed E-state index contributed by atoms with van der Waals surface area (Å²) in [5.74, 6) is 0.853. The molecule has 0 spiro atoms. The fraction of sp³-hybridized carbons (Fsp3) is 0.100. The van der Waals surface area contributed by atoms with E-state index in [4.69, 9.17) is 0 Å². The molecule has 3 rings (SSSR count). The second-order valence-electron chi connectivity index (χ2n) is 3.25. The smallest absolute Gasteiger partial charge is 0.160 e. The fourth-order valence-electron chi connectivity index (χ4n) is 1.57. The summed E-state index contributed by atoms with van der Waals surface area (Å²) in [6.07, 6.45) is 5.46. The standard InChI is InChI=1S/C10H8N4S/c1-14-4-3-11-10(14)9-7-2-5-15-8(7)6-12-13-9/h2-6H,1H3. The predicted octanol–water partition coefficient (Wildman–Crippen LogP) is 2.09. The third-order valence-corrected chi connectivity index (χ3v) is 3.17. The van der Waals surface area contributed by atoms with Crippen LogP contribution in [-0.4, -0.2) is 19.7 Å². The van der Waals surface area contributed by atoms with E-state index in [-0.39, 0.29) is 0 Å². The van der Waals surface area contributed by atoms with Gasteiger partial charge < -0.3 is 4.57 Å². The number of thiophene rings is 1. The highest BCUT2D eigenvalue weighted by Crippen LogP contribution is 2.27. The Morgan fingerprint density at radius 1 is 1.40 bits per heavy atom. The first-order chi connectivity index (χ1) is 7.36. The Morgan fingerprint density at radius 2 is 2.33 bits per heavy atom. The molecule has 0 atom stereocenters. The molecule has 0 N–H and O–H groups in total. The van der Waals surface area contributed by atoms with Gasteiger partial charge in [0.1, 0.15) is 5.69 Å². The van der Waals surface area contributed by atoms with Crippen LogP contribution in [0.3, 0.4) is 0 Å². The lowest BCUT2D eigenvalue weighted by Crippen LogP contribution is -1.95. The van der Waals surface area contributed by atoms with Crippen LogP contribution in [-0.2, 0) is 7.05 Å². The Hall–Kier alpha value is -1.75. The van der Waals surface area contributed by atoms with Crippen molar-refractivity contribution in [1.29, 1.82) is 0 Å². The lowest BCUT2D eigenvalue weighted by molar-refractivity contribution is 0.908. The highest BCUT2D eigenvalue weighted by Gasteiger charge is 2.10. The van der Waals surface area contributed by atoms with E-state index in [9.17, 15) is 0 Å². The van der Waals surface area contributed by atoms with Crippen molar-refractivity contribution in [3.05, 3.63) is 30.0 Å². The molecule has 3 aromatic heterocycles. The van der Waals surface area contributed by atoms with Gasteiger partial charge in [-0.3, -0.25) is 0 Å². The van der Waals surface area contributed by atoms with E-state index in [0.717, 1.165) is 21.6 Å². The average Bonchev–Trinajstić information content (AvgIpc) is 2.85. The van der Waals surface area contributed by atoms with Gasteiger partial charge in [0, 0.05) is 24.8 Å². The van der Waals surface area contributed by atoms with Crippen LogP contribution in [0.1, 0.15) is 0 Å². The van der Waals surface area contributed by atoms with Gasteiger partial charge in [-0.05, 0) is 11.4 Å². The van der Waals surface area contributed by atoms with Crippen molar-refractivity contribution < 1.29 is 0 Å². The molecular weight excluding hydrogens is 208 g/mol. The van der Waals surface area contributed by atoms with E-state index in [0.29, 0.717) is 0 Å². The van der Waals surface area contributed by atoms with Gasteiger partial charge in [0.2, 0.25) is 0 Å². The molecule has 0 unspecified atom stereocenters. The Balaban J connectivity index is 2.36. The van der Waals surface area contributed by atoms with Crippen molar-refractivity contribution in [1.82, 2.24) is 19.7 Å². The Labute approximate surface area is 90.2 Å². The van der Waals surface area contributed by atoms with Crippen LogP contribution in [0, 0.1) is 0 Å². The van der Waals surface area contributed by atoms with Crippen molar-refractivity contribution in [3.8, 4) is 11.5 Å². The van der Waals surface area contributed by atoms with Crippen molar-refractivity contribution >= 4 is 21.4 Å². The number of aryl methyl sites for hydroxylation is 1. The Bertz CT molecular complexity index is 610. The molecule has 0 saturated heterocycles. The summed E-state index contributed by atoms with van der Waals surface area (Å²) in [6.45, 7) is 0. The van der Waals surface area contributed by atoms with Crippen LogP contribution in [0.15, 0.2) is 30.0 Å². The van der Waals surface area contributed by atoms with Crippen molar-refractivity contribution in [2.45, 2.75) is 0 Å². The molecule has 3 heterocycles. The maximum atomic E-state index is 4.28. The topological polar surface area (TPSA) is 43.6 Å². The van der Waals surface area contributed by atoms with Gasteiger partial charge in [-0.15, -0.1) is 16.4 Å². The van der Waals surface area contributed by atoms with E-state index in [1.165, 1.54) is 0 Å². The van der Waals surface area contributed by atoms with Crippen molar-refractivity contribution in [2.75, 3.05) is 0 Å². The van der Waals surface area contributed by atoms with Crippen molar-refractivity contribution in [2.24, 2.45) is 7.05 Å². The molecule has 0 radical (unpaired) electrons. The van der Waals surface area contributed by atoms with E-state index in [1.807, 2.05) is 23.2 Å². The second kappa shape index (κ2) is 3.13. The SMILES string of the molecule is Cn1ccnc1-c1nncc2sccc12. The summed E-state index contributed by atoms with van der Waals surface area (Å²) in [5.41, 5.74) is 0.848. The zero-order valence-corrected chi connectivity index (χ0v) is 8.90. The maximum Gasteiger partial charge on any atom is 0.160 e. The number of imidazole rings is 1. The Morgan fingerprint density at radius 3 is 3.13 bits per heavy atom. The molecule has 0 aliphatic heterocycles. The summed E-state index contributed by atoms with van der Waals surface area (Å²) in [6, 6.07) is 2.05. The fourth-order valence-corrected chi connectivity index (χ4v) is 2.32. The number of nitrogens with zero attached hydrogens (tertiary/aromatic N) is 4. The molecule has 0 aromatic carbocycles. The van der Waals surface area contributed by atoms with Gasteiger partial charge in [-0.1, -0.05) is 0 Å². The summed E-state index contributed by atoms with van der Waals surface area (Å²) < 4.78 is 3.09. The lowest BCUT2D eigenvalue weighted by Gasteiger charge is -2.00. The molecular formula is C10H8N4S. The zero-order chi connectivity index (χ0) is 10.3. The van der Waals surface area contributed by atoms with Crippen molar-refractivity contribution in [3.63, 3.8) is 0 Å². The van der Waals surface area contributed by atoms with E-state index >= 15 is 0 Å². The molecule has 5 heteroatoms. The van der Waals surface area contributed by atoms with Crippen LogP contribution in [0.4, 0.5) is 0 Å². The predicted molar refractivity (Wildman–Crippen MR) is 59.6 cm³/mol. The van der Waals surface area contributed by atoms with Crippen LogP contribution >= 0.6 is 11.3 Å². The quantitative estimate of drug-likeness (QED) is 0.625. The summed E-state index contributed by atoms with van der Waals surface area (Å²) in [7, 11) is 1.95. The van der Waals surface area contributed by atoms with Gasteiger partial charge in [0.05, 0.1) is 10.9 Å². The minimum atomic E-state index is 0.848.